The van der Waals surface area contributed by atoms with Crippen LogP contribution in [0.25, 0.3) is 0 Å². The van der Waals surface area contributed by atoms with Crippen LogP contribution in [0.3, 0.4) is 0 Å². The van der Waals surface area contributed by atoms with Gasteiger partial charge in [0.15, 0.2) is 0 Å². The molecule has 2 aliphatic rings. The molecule has 2 fully saturated rings. The average Bonchev–Trinajstić information content (AvgIpc) is 3.30. The van der Waals surface area contributed by atoms with Crippen LogP contribution >= 0.6 is 11.3 Å². The Morgan fingerprint density at radius 2 is 2.04 bits per heavy atom. The number of methoxy groups -OCH3 is 1. The first-order chi connectivity index (χ1) is 11.3. The predicted molar refractivity (Wildman–Crippen MR) is 93.7 cm³/mol. The van der Waals surface area contributed by atoms with Crippen LogP contribution in [-0.4, -0.2) is 43.1 Å². The SMILES string of the molecule is COC(CNC(=O)C1(N2CCCC2)CCCCC1)c1cccs1. The lowest BCUT2D eigenvalue weighted by molar-refractivity contribution is -0.136. The van der Waals surface area contributed by atoms with E-state index in [1.807, 2.05) is 6.07 Å². The number of rotatable bonds is 6. The Hall–Kier alpha value is -0.910. The van der Waals surface area contributed by atoms with Crippen molar-refractivity contribution < 1.29 is 9.53 Å². The summed E-state index contributed by atoms with van der Waals surface area (Å²) in [6.45, 7) is 2.71. The maximum atomic E-state index is 13.1. The molecule has 4 nitrogen and oxygen atoms in total. The summed E-state index contributed by atoms with van der Waals surface area (Å²) in [4.78, 5) is 16.7. The van der Waals surface area contributed by atoms with Crippen LogP contribution in [0, 0.1) is 0 Å². The Morgan fingerprint density at radius 3 is 2.65 bits per heavy atom. The molecule has 1 aromatic heterocycles. The number of hydrogen-bond donors (Lipinski definition) is 1. The van der Waals surface area contributed by atoms with Gasteiger partial charge in [0.05, 0.1) is 0 Å². The molecule has 1 saturated carbocycles. The lowest BCUT2D eigenvalue weighted by Crippen LogP contribution is -2.59. The molecule has 1 aromatic rings. The van der Waals surface area contributed by atoms with Crippen molar-refractivity contribution in [3.63, 3.8) is 0 Å². The lowest BCUT2D eigenvalue weighted by atomic mass is 9.79. The molecule has 1 amide bonds. The first-order valence-corrected chi connectivity index (χ1v) is 9.74. The molecule has 1 atom stereocenters. The number of thiophene rings is 1. The number of ether oxygens (including phenoxy) is 1. The van der Waals surface area contributed by atoms with Crippen LogP contribution < -0.4 is 5.32 Å². The van der Waals surface area contributed by atoms with Gasteiger partial charge in [-0.2, -0.15) is 0 Å². The first kappa shape index (κ1) is 16.9. The summed E-state index contributed by atoms with van der Waals surface area (Å²) in [6.07, 6.45) is 8.03. The molecule has 0 radical (unpaired) electrons. The minimum atomic E-state index is -0.261. The van der Waals surface area contributed by atoms with Crippen LogP contribution in [0.2, 0.25) is 0 Å². The summed E-state index contributed by atoms with van der Waals surface area (Å²) in [6, 6.07) is 4.10. The fraction of sp³-hybridized carbons (Fsp3) is 0.722. The van der Waals surface area contributed by atoms with Crippen LogP contribution in [0.4, 0.5) is 0 Å². The van der Waals surface area contributed by atoms with Crippen molar-refractivity contribution in [1.82, 2.24) is 10.2 Å². The molecular formula is C18H28N2O2S. The highest BCUT2D eigenvalue weighted by Crippen LogP contribution is 2.36. The number of carbonyl (C=O) groups is 1. The monoisotopic (exact) mass is 336 g/mol. The largest absolute Gasteiger partial charge is 0.374 e. The smallest absolute Gasteiger partial charge is 0.240 e. The second-order valence-corrected chi connectivity index (χ2v) is 7.72. The minimum Gasteiger partial charge on any atom is -0.374 e. The molecule has 1 aliphatic carbocycles. The molecular weight excluding hydrogens is 308 g/mol. The molecule has 3 rings (SSSR count). The maximum absolute atomic E-state index is 13.1. The molecule has 1 N–H and O–H groups in total. The van der Waals surface area contributed by atoms with Crippen LogP contribution in [0.1, 0.15) is 55.9 Å². The summed E-state index contributed by atoms with van der Waals surface area (Å²) in [7, 11) is 1.72. The third-order valence-electron chi connectivity index (χ3n) is 5.41. The molecule has 0 aromatic carbocycles. The van der Waals surface area contributed by atoms with E-state index in [1.165, 1.54) is 37.0 Å². The van der Waals surface area contributed by atoms with Crippen LogP contribution in [-0.2, 0) is 9.53 Å². The third kappa shape index (κ3) is 3.62. The summed E-state index contributed by atoms with van der Waals surface area (Å²) < 4.78 is 5.57. The van der Waals surface area contributed by atoms with E-state index in [-0.39, 0.29) is 17.6 Å². The van der Waals surface area contributed by atoms with Crippen molar-refractivity contribution >= 4 is 17.2 Å². The topological polar surface area (TPSA) is 41.6 Å². The molecule has 1 unspecified atom stereocenters. The van der Waals surface area contributed by atoms with E-state index in [1.54, 1.807) is 18.4 Å². The van der Waals surface area contributed by atoms with Crippen molar-refractivity contribution in [2.24, 2.45) is 0 Å². The highest BCUT2D eigenvalue weighted by atomic mass is 32.1. The van der Waals surface area contributed by atoms with E-state index in [2.05, 4.69) is 21.7 Å². The normalized spacial score (nSPS) is 22.8. The van der Waals surface area contributed by atoms with E-state index < -0.39 is 0 Å². The first-order valence-electron chi connectivity index (χ1n) is 8.86. The Labute approximate surface area is 143 Å². The van der Waals surface area contributed by atoms with Crippen molar-refractivity contribution in [3.8, 4) is 0 Å². The Bertz CT molecular complexity index is 491. The molecule has 1 aliphatic heterocycles. The highest BCUT2D eigenvalue weighted by molar-refractivity contribution is 7.10. The Balaban J connectivity index is 1.66. The Kier molecular flexibility index (Phi) is 5.72. The number of likely N-dealkylation sites (tertiary alicyclic amines) is 1. The van der Waals surface area contributed by atoms with Gasteiger partial charge in [0.25, 0.3) is 0 Å². The predicted octanol–water partition coefficient (Wildman–Crippen LogP) is 3.35. The van der Waals surface area contributed by atoms with E-state index in [9.17, 15) is 4.79 Å². The zero-order chi connectivity index (χ0) is 16.1. The number of nitrogens with zero attached hydrogens (tertiary/aromatic N) is 1. The van der Waals surface area contributed by atoms with Crippen LogP contribution in [0.5, 0.6) is 0 Å². The lowest BCUT2D eigenvalue weighted by Gasteiger charge is -2.43. The van der Waals surface area contributed by atoms with Gasteiger partial charge in [-0.15, -0.1) is 11.3 Å². The van der Waals surface area contributed by atoms with Crippen molar-refractivity contribution in [2.75, 3.05) is 26.7 Å². The second kappa shape index (κ2) is 7.77. The van der Waals surface area contributed by atoms with Crippen molar-refractivity contribution in [1.29, 1.82) is 0 Å². The molecule has 23 heavy (non-hydrogen) atoms. The van der Waals surface area contributed by atoms with E-state index in [4.69, 9.17) is 4.74 Å². The molecule has 0 spiro atoms. The number of hydrogen-bond acceptors (Lipinski definition) is 4. The van der Waals surface area contributed by atoms with Crippen molar-refractivity contribution in [3.05, 3.63) is 22.4 Å². The minimum absolute atomic E-state index is 0.0434. The highest BCUT2D eigenvalue weighted by Gasteiger charge is 2.45. The van der Waals surface area contributed by atoms with Gasteiger partial charge in [-0.1, -0.05) is 25.3 Å². The van der Waals surface area contributed by atoms with E-state index in [0.29, 0.717) is 6.54 Å². The summed E-state index contributed by atoms with van der Waals surface area (Å²) >= 11 is 1.68. The molecule has 5 heteroatoms. The number of nitrogens with one attached hydrogen (secondary N) is 1. The summed E-state index contributed by atoms with van der Waals surface area (Å²) in [5.41, 5.74) is -0.261. The van der Waals surface area contributed by atoms with E-state index in [0.717, 1.165) is 25.9 Å². The van der Waals surface area contributed by atoms with Gasteiger partial charge in [0.2, 0.25) is 5.91 Å². The average molecular weight is 337 g/mol. The van der Waals surface area contributed by atoms with Gasteiger partial charge in [-0.3, -0.25) is 9.69 Å². The van der Waals surface area contributed by atoms with Gasteiger partial charge < -0.3 is 10.1 Å². The van der Waals surface area contributed by atoms with Gasteiger partial charge in [-0.05, 0) is 50.2 Å². The maximum Gasteiger partial charge on any atom is 0.240 e. The molecule has 128 valence electrons. The summed E-state index contributed by atoms with van der Waals surface area (Å²) in [5, 5.41) is 5.26. The molecule has 2 heterocycles. The van der Waals surface area contributed by atoms with Crippen molar-refractivity contribution in [2.45, 2.75) is 56.6 Å². The Morgan fingerprint density at radius 1 is 1.30 bits per heavy atom. The zero-order valence-corrected chi connectivity index (χ0v) is 14.9. The van der Waals surface area contributed by atoms with Crippen LogP contribution in [0.15, 0.2) is 17.5 Å². The van der Waals surface area contributed by atoms with Gasteiger partial charge >= 0.3 is 0 Å². The van der Waals surface area contributed by atoms with Gasteiger partial charge in [0, 0.05) is 18.5 Å². The number of carbonyl (C=O) groups excluding carboxylic acids is 1. The summed E-state index contributed by atoms with van der Waals surface area (Å²) in [5.74, 6) is 0.220. The van der Waals surface area contributed by atoms with Gasteiger partial charge in [-0.25, -0.2) is 0 Å². The molecule has 1 saturated heterocycles. The molecule has 0 bridgehead atoms. The zero-order valence-electron chi connectivity index (χ0n) is 14.1. The fourth-order valence-electron chi connectivity index (χ4n) is 4.09. The standard InChI is InChI=1S/C18H28N2O2S/c1-22-15(16-8-7-13-23-16)14-19-17(21)18(9-3-2-4-10-18)20-11-5-6-12-20/h7-8,13,15H,2-6,9-12,14H2,1H3,(H,19,21). The van der Waals surface area contributed by atoms with Gasteiger partial charge in [0.1, 0.15) is 11.6 Å². The third-order valence-corrected chi connectivity index (χ3v) is 6.37. The quantitative estimate of drug-likeness (QED) is 0.866. The fourth-order valence-corrected chi connectivity index (χ4v) is 4.90. The van der Waals surface area contributed by atoms with E-state index >= 15 is 0 Å². The second-order valence-electron chi connectivity index (χ2n) is 6.74. The number of amides is 1.